The predicted molar refractivity (Wildman–Crippen MR) is 80.0 cm³/mol. The van der Waals surface area contributed by atoms with Gasteiger partial charge in [0.05, 0.1) is 0 Å². The van der Waals surface area contributed by atoms with Crippen LogP contribution in [0.1, 0.15) is 38.3 Å². The zero-order valence-electron chi connectivity index (χ0n) is 12.7. The van der Waals surface area contributed by atoms with Gasteiger partial charge in [0.1, 0.15) is 6.04 Å². The molecule has 1 aliphatic heterocycles. The van der Waals surface area contributed by atoms with Crippen LogP contribution in [0, 0.1) is 0 Å². The Kier molecular flexibility index (Phi) is 4.21. The number of carbonyl (C=O) groups is 2. The molecule has 0 aliphatic carbocycles. The number of aliphatic carboxylic acids is 1. The van der Waals surface area contributed by atoms with Crippen LogP contribution in [0.25, 0.3) is 0 Å². The van der Waals surface area contributed by atoms with Crippen molar-refractivity contribution in [3.63, 3.8) is 0 Å². The number of hydrogen-bond donors (Lipinski definition) is 2. The molecule has 2 rings (SSSR count). The number of rotatable bonds is 3. The highest BCUT2D eigenvalue weighted by Crippen LogP contribution is 2.24. The molecular weight excluding hydrogens is 268 g/mol. The molecule has 1 aliphatic rings. The minimum Gasteiger partial charge on any atom is -0.480 e. The summed E-state index contributed by atoms with van der Waals surface area (Å²) in [5.74, 6) is -0.964. The van der Waals surface area contributed by atoms with Gasteiger partial charge in [0.25, 0.3) is 0 Å². The molecule has 0 aromatic heterocycles. The van der Waals surface area contributed by atoms with Crippen LogP contribution in [-0.4, -0.2) is 33.6 Å². The molecule has 2 N–H and O–H groups in total. The first-order valence-corrected chi connectivity index (χ1v) is 7.22. The molecule has 0 radical (unpaired) electrons. The molecule has 0 saturated heterocycles. The molecule has 1 atom stereocenters. The maximum Gasteiger partial charge on any atom is 0.326 e. The van der Waals surface area contributed by atoms with Crippen molar-refractivity contribution in [3.05, 3.63) is 35.4 Å². The third-order valence-corrected chi connectivity index (χ3v) is 4.12. The average molecular weight is 290 g/mol. The Labute approximate surface area is 125 Å². The molecule has 0 bridgehead atoms. The van der Waals surface area contributed by atoms with Gasteiger partial charge in [-0.15, -0.1) is 0 Å². The Hall–Kier alpha value is -2.04. The lowest BCUT2D eigenvalue weighted by Crippen LogP contribution is -2.56. The van der Waals surface area contributed by atoms with E-state index in [1.54, 1.807) is 0 Å². The van der Waals surface area contributed by atoms with Gasteiger partial charge in [-0.05, 0) is 31.4 Å². The summed E-state index contributed by atoms with van der Waals surface area (Å²) in [7, 11) is 0. The van der Waals surface area contributed by atoms with Gasteiger partial charge in [0, 0.05) is 18.5 Å². The zero-order valence-corrected chi connectivity index (χ0v) is 12.7. The van der Waals surface area contributed by atoms with Crippen LogP contribution in [0.2, 0.25) is 0 Å². The average Bonchev–Trinajstić information content (AvgIpc) is 2.45. The maximum atomic E-state index is 12.4. The van der Waals surface area contributed by atoms with Gasteiger partial charge in [-0.1, -0.05) is 31.2 Å². The highest BCUT2D eigenvalue weighted by molar-refractivity contribution is 5.84. The minimum absolute atomic E-state index is 0.316. The van der Waals surface area contributed by atoms with E-state index in [4.69, 9.17) is 0 Å². The summed E-state index contributed by atoms with van der Waals surface area (Å²) in [5, 5.41) is 12.3. The lowest BCUT2D eigenvalue weighted by molar-refractivity contribution is -0.142. The van der Waals surface area contributed by atoms with Crippen LogP contribution in [0.3, 0.4) is 0 Å². The van der Waals surface area contributed by atoms with Gasteiger partial charge in [-0.2, -0.15) is 0 Å². The molecule has 1 aromatic rings. The van der Waals surface area contributed by atoms with E-state index in [2.05, 4.69) is 5.32 Å². The molecule has 0 saturated carbocycles. The quantitative estimate of drug-likeness (QED) is 0.898. The van der Waals surface area contributed by atoms with E-state index in [0.29, 0.717) is 13.0 Å². The Morgan fingerprint density at radius 2 is 1.95 bits per heavy atom. The van der Waals surface area contributed by atoms with Crippen molar-refractivity contribution in [1.82, 2.24) is 10.2 Å². The fraction of sp³-hybridized carbons (Fsp3) is 0.500. The number of urea groups is 1. The monoisotopic (exact) mass is 290 g/mol. The third kappa shape index (κ3) is 3.35. The van der Waals surface area contributed by atoms with Crippen molar-refractivity contribution in [2.24, 2.45) is 0 Å². The zero-order chi connectivity index (χ0) is 15.6. The second-order valence-corrected chi connectivity index (χ2v) is 6.12. The van der Waals surface area contributed by atoms with Crippen LogP contribution < -0.4 is 5.32 Å². The molecule has 21 heavy (non-hydrogen) atoms. The van der Waals surface area contributed by atoms with Gasteiger partial charge in [0.15, 0.2) is 0 Å². The van der Waals surface area contributed by atoms with E-state index < -0.39 is 12.0 Å². The molecule has 1 aromatic carbocycles. The summed E-state index contributed by atoms with van der Waals surface area (Å²) < 4.78 is 0. The molecule has 0 fully saturated rings. The smallest absolute Gasteiger partial charge is 0.326 e. The Balaban J connectivity index is 2.24. The number of carboxylic acids is 1. The summed E-state index contributed by atoms with van der Waals surface area (Å²) in [6, 6.07) is 6.55. The lowest BCUT2D eigenvalue weighted by atomic mass is 9.94. The van der Waals surface area contributed by atoms with Crippen molar-refractivity contribution in [1.29, 1.82) is 0 Å². The first-order valence-electron chi connectivity index (χ1n) is 7.22. The number of nitrogens with zero attached hydrogens (tertiary/aromatic N) is 1. The largest absolute Gasteiger partial charge is 0.480 e. The number of benzene rings is 1. The third-order valence-electron chi connectivity index (χ3n) is 4.12. The predicted octanol–water partition coefficient (Wildman–Crippen LogP) is 2.40. The molecule has 5 nitrogen and oxygen atoms in total. The van der Waals surface area contributed by atoms with Crippen LogP contribution in [0.5, 0.6) is 0 Å². The molecular formula is C16H22N2O3. The van der Waals surface area contributed by atoms with E-state index in [1.165, 1.54) is 4.90 Å². The first kappa shape index (κ1) is 15.4. The van der Waals surface area contributed by atoms with Gasteiger partial charge in [-0.25, -0.2) is 9.59 Å². The highest BCUT2D eigenvalue weighted by Gasteiger charge is 2.35. The van der Waals surface area contributed by atoms with Gasteiger partial charge < -0.3 is 15.3 Å². The Bertz CT molecular complexity index is 554. The highest BCUT2D eigenvalue weighted by atomic mass is 16.4. The van der Waals surface area contributed by atoms with Crippen LogP contribution >= 0.6 is 0 Å². The van der Waals surface area contributed by atoms with E-state index in [9.17, 15) is 14.7 Å². The summed E-state index contributed by atoms with van der Waals surface area (Å²) in [6.45, 7) is 6.18. The Morgan fingerprint density at radius 3 is 2.52 bits per heavy atom. The number of hydrogen-bond acceptors (Lipinski definition) is 2. The molecule has 0 unspecified atom stereocenters. The summed E-state index contributed by atoms with van der Waals surface area (Å²) in [6.07, 6.45) is 1.13. The normalized spacial score (nSPS) is 18.0. The minimum atomic E-state index is -0.964. The van der Waals surface area contributed by atoms with Crippen LogP contribution in [0.4, 0.5) is 4.79 Å². The SMILES string of the molecule is CCC(C)(C)NC(=O)N1Cc2ccccc2C[C@@H]1C(=O)O. The molecule has 1 heterocycles. The van der Waals surface area contributed by atoms with Crippen molar-refractivity contribution in [2.75, 3.05) is 0 Å². The number of carboxylic acid groups (broad SMARTS) is 1. The second kappa shape index (κ2) is 5.76. The van der Waals surface area contributed by atoms with Gasteiger partial charge in [-0.3, -0.25) is 0 Å². The molecule has 2 amide bonds. The van der Waals surface area contributed by atoms with E-state index in [-0.39, 0.29) is 11.6 Å². The van der Waals surface area contributed by atoms with Crippen LogP contribution in [0.15, 0.2) is 24.3 Å². The summed E-state index contributed by atoms with van der Waals surface area (Å²) in [4.78, 5) is 25.4. The lowest BCUT2D eigenvalue weighted by Gasteiger charge is -2.37. The fourth-order valence-electron chi connectivity index (χ4n) is 2.41. The van der Waals surface area contributed by atoms with Crippen molar-refractivity contribution < 1.29 is 14.7 Å². The number of carbonyl (C=O) groups excluding carboxylic acids is 1. The van der Waals surface area contributed by atoms with E-state index in [1.807, 2.05) is 45.0 Å². The molecule has 0 spiro atoms. The first-order chi connectivity index (χ1) is 9.84. The fourth-order valence-corrected chi connectivity index (χ4v) is 2.41. The van der Waals surface area contributed by atoms with Crippen molar-refractivity contribution in [2.45, 2.75) is 51.7 Å². The van der Waals surface area contributed by atoms with Crippen LogP contribution in [-0.2, 0) is 17.8 Å². The summed E-state index contributed by atoms with van der Waals surface area (Å²) in [5.41, 5.74) is 1.67. The number of fused-ring (bicyclic) bond motifs is 1. The second-order valence-electron chi connectivity index (χ2n) is 6.12. The van der Waals surface area contributed by atoms with Crippen molar-refractivity contribution >= 4 is 12.0 Å². The molecule has 114 valence electrons. The van der Waals surface area contributed by atoms with E-state index in [0.717, 1.165) is 17.5 Å². The maximum absolute atomic E-state index is 12.4. The van der Waals surface area contributed by atoms with E-state index >= 15 is 0 Å². The van der Waals surface area contributed by atoms with Gasteiger partial charge in [0.2, 0.25) is 0 Å². The summed E-state index contributed by atoms with van der Waals surface area (Å²) >= 11 is 0. The Morgan fingerprint density at radius 1 is 1.33 bits per heavy atom. The van der Waals surface area contributed by atoms with Crippen molar-refractivity contribution in [3.8, 4) is 0 Å². The number of amides is 2. The molecule has 5 heteroatoms. The number of nitrogens with one attached hydrogen (secondary N) is 1. The standard InChI is InChI=1S/C16H22N2O3/c1-4-16(2,3)17-15(21)18-10-12-8-6-5-7-11(12)9-13(18)14(19)20/h5-8,13H,4,9-10H2,1-3H3,(H,17,21)(H,19,20)/t13-/m1/s1. The van der Waals surface area contributed by atoms with Gasteiger partial charge >= 0.3 is 12.0 Å². The topological polar surface area (TPSA) is 69.6 Å².